The minimum atomic E-state index is 0.876. The highest BCUT2D eigenvalue weighted by molar-refractivity contribution is 5.45. The molecule has 4 heteroatoms. The van der Waals surface area contributed by atoms with Crippen molar-refractivity contribution < 1.29 is 0 Å². The number of pyridine rings is 1. The van der Waals surface area contributed by atoms with E-state index >= 15 is 0 Å². The van der Waals surface area contributed by atoms with Crippen LogP contribution in [0.1, 0.15) is 19.7 Å². The van der Waals surface area contributed by atoms with Crippen molar-refractivity contribution in [3.8, 4) is 5.69 Å². The number of anilines is 1. The van der Waals surface area contributed by atoms with Crippen LogP contribution < -0.4 is 5.32 Å². The first-order valence-electron chi connectivity index (χ1n) is 5.57. The molecule has 2 aromatic rings. The van der Waals surface area contributed by atoms with Crippen LogP contribution >= 0.6 is 0 Å². The second-order valence-electron chi connectivity index (χ2n) is 3.50. The van der Waals surface area contributed by atoms with Crippen LogP contribution in [0.3, 0.4) is 0 Å². The first-order valence-corrected chi connectivity index (χ1v) is 5.57. The van der Waals surface area contributed by atoms with E-state index in [4.69, 9.17) is 0 Å². The van der Waals surface area contributed by atoms with E-state index < -0.39 is 0 Å². The van der Waals surface area contributed by atoms with E-state index in [0.29, 0.717) is 0 Å². The van der Waals surface area contributed by atoms with Gasteiger partial charge in [-0.2, -0.15) is 0 Å². The summed E-state index contributed by atoms with van der Waals surface area (Å²) in [6.45, 7) is 5.04. The third kappa shape index (κ3) is 2.05. The summed E-state index contributed by atoms with van der Waals surface area (Å²) in [5.41, 5.74) is 1.10. The molecular weight excluding hydrogens is 200 g/mol. The van der Waals surface area contributed by atoms with E-state index in [1.807, 2.05) is 30.7 Å². The van der Waals surface area contributed by atoms with Gasteiger partial charge in [0.2, 0.25) is 0 Å². The Hall–Kier alpha value is -1.84. The second-order valence-corrected chi connectivity index (χ2v) is 3.50. The number of nitrogens with zero attached hydrogens (tertiary/aromatic N) is 3. The fraction of sp³-hybridized carbons (Fsp3) is 0.333. The monoisotopic (exact) mass is 216 g/mol. The summed E-state index contributed by atoms with van der Waals surface area (Å²) >= 11 is 0. The molecule has 0 aliphatic rings. The van der Waals surface area contributed by atoms with Crippen molar-refractivity contribution in [1.82, 2.24) is 14.5 Å². The predicted molar refractivity (Wildman–Crippen MR) is 64.9 cm³/mol. The Morgan fingerprint density at radius 3 is 2.88 bits per heavy atom. The lowest BCUT2D eigenvalue weighted by Crippen LogP contribution is -2.03. The van der Waals surface area contributed by atoms with E-state index in [2.05, 4.69) is 33.7 Å². The van der Waals surface area contributed by atoms with E-state index in [9.17, 15) is 0 Å². The van der Waals surface area contributed by atoms with Gasteiger partial charge in [0, 0.05) is 37.6 Å². The third-order valence-electron chi connectivity index (χ3n) is 2.41. The summed E-state index contributed by atoms with van der Waals surface area (Å²) in [5.74, 6) is 1.96. The molecule has 0 saturated carbocycles. The Morgan fingerprint density at radius 2 is 2.12 bits per heavy atom. The van der Waals surface area contributed by atoms with E-state index in [1.54, 1.807) is 0 Å². The largest absolute Gasteiger partial charge is 0.370 e. The number of hydrogen-bond acceptors (Lipinski definition) is 3. The molecule has 1 N–H and O–H groups in total. The zero-order valence-electron chi connectivity index (χ0n) is 9.64. The quantitative estimate of drug-likeness (QED) is 0.852. The average Bonchev–Trinajstić information content (AvgIpc) is 2.78. The summed E-state index contributed by atoms with van der Waals surface area (Å²) in [4.78, 5) is 8.56. The standard InChI is InChI=1S/C12H16N4/c1-3-12-15-7-8-16(12)10-5-6-14-11(9-10)13-4-2/h5-9H,3-4H2,1-2H3,(H,13,14). The topological polar surface area (TPSA) is 42.7 Å². The lowest BCUT2D eigenvalue weighted by molar-refractivity contribution is 0.889. The van der Waals surface area contributed by atoms with Gasteiger partial charge in [-0.15, -0.1) is 0 Å². The molecule has 0 amide bonds. The highest BCUT2D eigenvalue weighted by Gasteiger charge is 2.03. The maximum atomic E-state index is 4.31. The second kappa shape index (κ2) is 4.79. The van der Waals surface area contributed by atoms with Gasteiger partial charge in [0.1, 0.15) is 11.6 Å². The fourth-order valence-corrected chi connectivity index (χ4v) is 1.68. The number of aromatic nitrogens is 3. The normalized spacial score (nSPS) is 10.4. The van der Waals surface area contributed by atoms with Crippen LogP contribution in [0.25, 0.3) is 5.69 Å². The molecule has 16 heavy (non-hydrogen) atoms. The Labute approximate surface area is 95.4 Å². The average molecular weight is 216 g/mol. The highest BCUT2D eigenvalue weighted by Crippen LogP contribution is 2.14. The van der Waals surface area contributed by atoms with Crippen LogP contribution in [0, 0.1) is 0 Å². The van der Waals surface area contributed by atoms with E-state index in [1.165, 1.54) is 0 Å². The zero-order chi connectivity index (χ0) is 11.4. The van der Waals surface area contributed by atoms with Crippen molar-refractivity contribution in [3.05, 3.63) is 36.5 Å². The van der Waals surface area contributed by atoms with Crippen molar-refractivity contribution in [3.63, 3.8) is 0 Å². The van der Waals surface area contributed by atoms with Gasteiger partial charge in [0.25, 0.3) is 0 Å². The van der Waals surface area contributed by atoms with Gasteiger partial charge in [-0.25, -0.2) is 9.97 Å². The Bertz CT molecular complexity index is 462. The van der Waals surface area contributed by atoms with Gasteiger partial charge >= 0.3 is 0 Å². The van der Waals surface area contributed by atoms with Crippen LogP contribution in [0.2, 0.25) is 0 Å². The molecule has 2 aromatic heterocycles. The molecular formula is C12H16N4. The smallest absolute Gasteiger partial charge is 0.127 e. The SMILES string of the molecule is CCNc1cc(-n2ccnc2CC)ccn1. The van der Waals surface area contributed by atoms with Crippen molar-refractivity contribution in [2.24, 2.45) is 0 Å². The summed E-state index contributed by atoms with van der Waals surface area (Å²) in [6, 6.07) is 4.02. The number of aryl methyl sites for hydroxylation is 1. The number of hydrogen-bond donors (Lipinski definition) is 1. The number of nitrogens with one attached hydrogen (secondary N) is 1. The van der Waals surface area contributed by atoms with Gasteiger partial charge in [-0.05, 0) is 13.0 Å². The Balaban J connectivity index is 2.36. The van der Waals surface area contributed by atoms with Crippen molar-refractivity contribution in [2.45, 2.75) is 20.3 Å². The molecule has 0 unspecified atom stereocenters. The summed E-state index contributed by atoms with van der Waals surface area (Å²) < 4.78 is 2.09. The molecule has 2 rings (SSSR count). The van der Waals surface area contributed by atoms with Crippen molar-refractivity contribution >= 4 is 5.82 Å². The van der Waals surface area contributed by atoms with E-state index in [0.717, 1.165) is 30.3 Å². The molecule has 0 aliphatic heterocycles. The molecule has 84 valence electrons. The van der Waals surface area contributed by atoms with Gasteiger partial charge in [0.15, 0.2) is 0 Å². The Morgan fingerprint density at radius 1 is 1.25 bits per heavy atom. The predicted octanol–water partition coefficient (Wildman–Crippen LogP) is 2.26. The Kier molecular flexibility index (Phi) is 3.19. The lowest BCUT2D eigenvalue weighted by atomic mass is 10.3. The van der Waals surface area contributed by atoms with Gasteiger partial charge in [-0.1, -0.05) is 6.92 Å². The van der Waals surface area contributed by atoms with Crippen LogP contribution in [-0.4, -0.2) is 21.1 Å². The maximum Gasteiger partial charge on any atom is 0.127 e. The first kappa shape index (κ1) is 10.7. The molecule has 0 fully saturated rings. The van der Waals surface area contributed by atoms with Crippen molar-refractivity contribution in [2.75, 3.05) is 11.9 Å². The molecule has 0 aliphatic carbocycles. The van der Waals surface area contributed by atoms with Gasteiger partial charge in [-0.3, -0.25) is 0 Å². The molecule has 0 saturated heterocycles. The van der Waals surface area contributed by atoms with Crippen molar-refractivity contribution in [1.29, 1.82) is 0 Å². The zero-order valence-corrected chi connectivity index (χ0v) is 9.64. The van der Waals surface area contributed by atoms with Crippen LogP contribution in [0.4, 0.5) is 5.82 Å². The molecule has 4 nitrogen and oxygen atoms in total. The highest BCUT2D eigenvalue weighted by atomic mass is 15.1. The maximum absolute atomic E-state index is 4.31. The number of imidazole rings is 1. The van der Waals surface area contributed by atoms with Crippen LogP contribution in [-0.2, 0) is 6.42 Å². The molecule has 0 spiro atoms. The molecule has 2 heterocycles. The van der Waals surface area contributed by atoms with Crippen LogP contribution in [0.5, 0.6) is 0 Å². The molecule has 0 atom stereocenters. The fourth-order valence-electron chi connectivity index (χ4n) is 1.68. The molecule has 0 aromatic carbocycles. The summed E-state index contributed by atoms with van der Waals surface area (Å²) in [5, 5.41) is 3.20. The molecule has 0 radical (unpaired) electrons. The minimum absolute atomic E-state index is 0.876. The lowest BCUT2D eigenvalue weighted by Gasteiger charge is -2.08. The minimum Gasteiger partial charge on any atom is -0.370 e. The van der Waals surface area contributed by atoms with Crippen LogP contribution in [0.15, 0.2) is 30.7 Å². The summed E-state index contributed by atoms with van der Waals surface area (Å²) in [7, 11) is 0. The van der Waals surface area contributed by atoms with E-state index in [-0.39, 0.29) is 0 Å². The van der Waals surface area contributed by atoms with Gasteiger partial charge in [0.05, 0.1) is 5.69 Å². The van der Waals surface area contributed by atoms with Gasteiger partial charge < -0.3 is 9.88 Å². The third-order valence-corrected chi connectivity index (χ3v) is 2.41. The number of rotatable bonds is 4. The first-order chi connectivity index (χ1) is 7.85. The molecule has 0 bridgehead atoms. The summed E-state index contributed by atoms with van der Waals surface area (Å²) in [6.07, 6.45) is 6.54.